The van der Waals surface area contributed by atoms with E-state index in [1.165, 1.54) is 11.3 Å². The number of hydrogen-bond donors (Lipinski definition) is 2. The third kappa shape index (κ3) is 4.77. The summed E-state index contributed by atoms with van der Waals surface area (Å²) in [5.74, 6) is -0.223. The Kier molecular flexibility index (Phi) is 5.57. The van der Waals surface area contributed by atoms with Crippen LogP contribution in [-0.4, -0.2) is 29.5 Å². The van der Waals surface area contributed by atoms with Gasteiger partial charge in [-0.2, -0.15) is 0 Å². The minimum Gasteiger partial charge on any atom is -0.325 e. The van der Waals surface area contributed by atoms with Gasteiger partial charge in [0.05, 0.1) is 16.4 Å². The topological polar surface area (TPSA) is 101 Å². The monoisotopic (exact) mass is 456 g/mol. The van der Waals surface area contributed by atoms with Gasteiger partial charge >= 0.3 is 0 Å². The number of thiazole rings is 1. The molecule has 7 nitrogen and oxygen atoms in total. The molecular formula is C22H24N4O3S2. The molecule has 1 amide bonds. The van der Waals surface area contributed by atoms with Crippen LogP contribution in [0.3, 0.4) is 0 Å². The van der Waals surface area contributed by atoms with Gasteiger partial charge < -0.3 is 5.32 Å². The Morgan fingerprint density at radius 3 is 2.48 bits per heavy atom. The molecule has 0 unspecified atom stereocenters. The lowest BCUT2D eigenvalue weighted by atomic mass is 9.89. The molecule has 1 aliphatic carbocycles. The maximum Gasteiger partial charge on any atom is 0.237 e. The molecule has 4 rings (SSSR count). The second-order valence-electron chi connectivity index (χ2n) is 8.29. The summed E-state index contributed by atoms with van der Waals surface area (Å²) >= 11 is 1.19. The van der Waals surface area contributed by atoms with E-state index in [1.807, 2.05) is 31.2 Å². The number of nitrogens with zero attached hydrogens (tertiary/aromatic N) is 2. The van der Waals surface area contributed by atoms with E-state index < -0.39 is 15.4 Å². The molecule has 0 radical (unpaired) electrons. The van der Waals surface area contributed by atoms with E-state index in [0.717, 1.165) is 16.7 Å². The first-order chi connectivity index (χ1) is 14.6. The minimum absolute atomic E-state index is 0.223. The van der Waals surface area contributed by atoms with E-state index in [1.54, 1.807) is 31.6 Å². The van der Waals surface area contributed by atoms with E-state index in [4.69, 9.17) is 0 Å². The number of amides is 1. The molecule has 0 aliphatic heterocycles. The number of aromatic nitrogens is 2. The maximum absolute atomic E-state index is 13.0. The second kappa shape index (κ2) is 8.05. The molecule has 0 atom stereocenters. The molecule has 2 N–H and O–H groups in total. The lowest BCUT2D eigenvalue weighted by molar-refractivity contribution is -0.120. The average molecular weight is 457 g/mol. The number of carbonyl (C=O) groups is 1. The molecule has 0 saturated heterocycles. The molecule has 0 spiro atoms. The number of anilines is 2. The molecule has 3 aromatic rings. The summed E-state index contributed by atoms with van der Waals surface area (Å²) in [4.78, 5) is 21.5. The van der Waals surface area contributed by atoms with Crippen LogP contribution in [0.1, 0.15) is 37.9 Å². The zero-order chi connectivity index (χ0) is 22.2. The van der Waals surface area contributed by atoms with E-state index in [-0.39, 0.29) is 11.2 Å². The predicted molar refractivity (Wildman–Crippen MR) is 124 cm³/mol. The van der Waals surface area contributed by atoms with Crippen molar-refractivity contribution in [3.8, 4) is 11.1 Å². The highest BCUT2D eigenvalue weighted by Gasteiger charge is 2.37. The maximum atomic E-state index is 13.0. The summed E-state index contributed by atoms with van der Waals surface area (Å²) in [5.41, 5.74) is 3.37. The number of sulfonamides is 1. The van der Waals surface area contributed by atoms with Crippen molar-refractivity contribution in [2.45, 2.75) is 44.3 Å². The Bertz CT molecular complexity index is 1210. The molecule has 1 saturated carbocycles. The molecule has 1 fully saturated rings. The number of carbonyl (C=O) groups excluding carboxylic acids is 1. The van der Waals surface area contributed by atoms with E-state index in [9.17, 15) is 13.2 Å². The van der Waals surface area contributed by atoms with Gasteiger partial charge in [0.2, 0.25) is 15.9 Å². The van der Waals surface area contributed by atoms with Gasteiger partial charge in [-0.05, 0) is 62.9 Å². The number of pyridine rings is 1. The number of nitrogens with one attached hydrogen (secondary N) is 2. The molecule has 9 heteroatoms. The quantitative estimate of drug-likeness (QED) is 0.551. The van der Waals surface area contributed by atoms with Crippen molar-refractivity contribution in [2.75, 3.05) is 10.0 Å². The molecule has 2 aromatic heterocycles. The van der Waals surface area contributed by atoms with Crippen molar-refractivity contribution < 1.29 is 13.2 Å². The smallest absolute Gasteiger partial charge is 0.237 e. The van der Waals surface area contributed by atoms with Crippen LogP contribution >= 0.6 is 11.3 Å². The molecule has 1 aliphatic rings. The standard InChI is InChI=1S/C22H24N4O3S2/c1-14-10-16(12-23-11-14)15-4-6-17(7-5-15)24-20(27)22(2,3)19-13-30-21(25-19)26-31(28,29)18-8-9-18/h4-7,10-13,18H,8-9H2,1-3H3,(H,24,27)(H,25,26). The fourth-order valence-corrected chi connectivity index (χ4v) is 5.53. The first-order valence-electron chi connectivity index (χ1n) is 9.96. The highest BCUT2D eigenvalue weighted by atomic mass is 32.2. The lowest BCUT2D eigenvalue weighted by Crippen LogP contribution is -2.35. The van der Waals surface area contributed by atoms with Crippen LogP contribution in [0.25, 0.3) is 11.1 Å². The number of hydrogen-bond acceptors (Lipinski definition) is 6. The normalized spacial score (nSPS) is 14.3. The van der Waals surface area contributed by atoms with Crippen molar-refractivity contribution >= 4 is 38.1 Å². The van der Waals surface area contributed by atoms with Gasteiger partial charge in [0.1, 0.15) is 0 Å². The van der Waals surface area contributed by atoms with E-state index in [0.29, 0.717) is 29.4 Å². The number of aryl methyl sites for hydroxylation is 1. The Morgan fingerprint density at radius 2 is 1.84 bits per heavy atom. The SMILES string of the molecule is Cc1cncc(-c2ccc(NC(=O)C(C)(C)c3csc(NS(=O)(=O)C4CC4)n3)cc2)c1. The third-order valence-electron chi connectivity index (χ3n) is 5.26. The summed E-state index contributed by atoms with van der Waals surface area (Å²) in [6.45, 7) is 5.53. The van der Waals surface area contributed by atoms with Crippen LogP contribution in [0.5, 0.6) is 0 Å². The molecule has 31 heavy (non-hydrogen) atoms. The van der Waals surface area contributed by atoms with Gasteiger partial charge in [-0.15, -0.1) is 11.3 Å². The van der Waals surface area contributed by atoms with Crippen LogP contribution in [0.2, 0.25) is 0 Å². The highest BCUT2D eigenvalue weighted by Crippen LogP contribution is 2.33. The summed E-state index contributed by atoms with van der Waals surface area (Å²) in [6, 6.07) is 9.63. The molecule has 162 valence electrons. The first kappa shape index (κ1) is 21.5. The fraction of sp³-hybridized carbons (Fsp3) is 0.318. The molecule has 0 bridgehead atoms. The Balaban J connectivity index is 1.45. The van der Waals surface area contributed by atoms with Crippen molar-refractivity contribution in [3.63, 3.8) is 0 Å². The zero-order valence-electron chi connectivity index (χ0n) is 17.5. The largest absolute Gasteiger partial charge is 0.325 e. The average Bonchev–Trinajstić information content (AvgIpc) is 3.49. The second-order valence-corrected chi connectivity index (χ2v) is 11.1. The summed E-state index contributed by atoms with van der Waals surface area (Å²) in [6.07, 6.45) is 4.98. The first-order valence-corrected chi connectivity index (χ1v) is 12.4. The lowest BCUT2D eigenvalue weighted by Gasteiger charge is -2.21. The van der Waals surface area contributed by atoms with Gasteiger partial charge in [-0.1, -0.05) is 12.1 Å². The van der Waals surface area contributed by atoms with Crippen molar-refractivity contribution in [1.82, 2.24) is 9.97 Å². The van der Waals surface area contributed by atoms with Crippen LogP contribution in [0, 0.1) is 6.92 Å². The number of benzene rings is 1. The summed E-state index contributed by atoms with van der Waals surface area (Å²) in [7, 11) is -3.38. The summed E-state index contributed by atoms with van der Waals surface area (Å²) in [5, 5.41) is 4.61. The summed E-state index contributed by atoms with van der Waals surface area (Å²) < 4.78 is 26.8. The van der Waals surface area contributed by atoms with Crippen molar-refractivity contribution in [1.29, 1.82) is 0 Å². The Morgan fingerprint density at radius 1 is 1.13 bits per heavy atom. The van der Waals surface area contributed by atoms with Gasteiger partial charge in [0.25, 0.3) is 0 Å². The highest BCUT2D eigenvalue weighted by molar-refractivity contribution is 7.93. The van der Waals surface area contributed by atoms with Crippen molar-refractivity contribution in [3.05, 3.63) is 59.4 Å². The van der Waals surface area contributed by atoms with Crippen LogP contribution in [0.4, 0.5) is 10.8 Å². The molecule has 2 heterocycles. The molecular weight excluding hydrogens is 432 g/mol. The van der Waals surface area contributed by atoms with Crippen LogP contribution in [0.15, 0.2) is 48.1 Å². The van der Waals surface area contributed by atoms with Gasteiger partial charge in [-0.25, -0.2) is 13.4 Å². The van der Waals surface area contributed by atoms with Crippen LogP contribution < -0.4 is 10.0 Å². The van der Waals surface area contributed by atoms with Gasteiger partial charge in [0.15, 0.2) is 5.13 Å². The Hall–Kier alpha value is -2.78. The van der Waals surface area contributed by atoms with E-state index >= 15 is 0 Å². The zero-order valence-corrected chi connectivity index (χ0v) is 19.2. The molecule has 1 aromatic carbocycles. The Labute approximate surface area is 186 Å². The predicted octanol–water partition coefficient (Wildman–Crippen LogP) is 4.33. The number of rotatable bonds is 7. The van der Waals surface area contributed by atoms with Gasteiger partial charge in [0, 0.05) is 29.0 Å². The minimum atomic E-state index is -3.38. The van der Waals surface area contributed by atoms with Crippen molar-refractivity contribution in [2.24, 2.45) is 0 Å². The van der Waals surface area contributed by atoms with E-state index in [2.05, 4.69) is 26.1 Å². The fourth-order valence-electron chi connectivity index (χ4n) is 3.05. The third-order valence-corrected chi connectivity index (χ3v) is 7.97. The van der Waals surface area contributed by atoms with Crippen LogP contribution in [-0.2, 0) is 20.2 Å². The van der Waals surface area contributed by atoms with Gasteiger partial charge in [-0.3, -0.25) is 14.5 Å².